The molecule has 6 amide bonds. The summed E-state index contributed by atoms with van der Waals surface area (Å²) in [6, 6.07) is -1.50. The van der Waals surface area contributed by atoms with Gasteiger partial charge in [0.25, 0.3) is 0 Å². The van der Waals surface area contributed by atoms with Crippen LogP contribution in [0.25, 0.3) is 0 Å². The van der Waals surface area contributed by atoms with Gasteiger partial charge < -0.3 is 78.9 Å². The molecule has 1 heterocycles. The van der Waals surface area contributed by atoms with Crippen molar-refractivity contribution in [3.8, 4) is 0 Å². The van der Waals surface area contributed by atoms with Crippen molar-refractivity contribution in [1.29, 1.82) is 0 Å². The van der Waals surface area contributed by atoms with Crippen molar-refractivity contribution in [2.75, 3.05) is 85.6 Å². The second-order valence-corrected chi connectivity index (χ2v) is 40.0. The van der Waals surface area contributed by atoms with Crippen LogP contribution < -0.4 is 26.6 Å². The summed E-state index contributed by atoms with van der Waals surface area (Å²) in [5.41, 5.74) is 0. The summed E-state index contributed by atoms with van der Waals surface area (Å²) in [5, 5.41) is 15.1. The number of likely N-dealkylation sites (tertiary alicyclic amines) is 1. The van der Waals surface area contributed by atoms with Crippen molar-refractivity contribution in [2.24, 2.45) is 107 Å². The summed E-state index contributed by atoms with van der Waals surface area (Å²) >= 11 is 0. The van der Waals surface area contributed by atoms with Gasteiger partial charge in [0.05, 0.1) is 69.9 Å². The van der Waals surface area contributed by atoms with E-state index in [-0.39, 0.29) is 228 Å². The van der Waals surface area contributed by atoms with Gasteiger partial charge in [-0.05, 0) is 237 Å². The highest BCUT2D eigenvalue weighted by molar-refractivity contribution is 5.92. The lowest BCUT2D eigenvalue weighted by atomic mass is 9.67. The largest absolute Gasteiger partial charge is 0.466 e. The molecule has 5 rings (SSSR count). The molecule has 4 aliphatic carbocycles. The topological polar surface area (TPSA) is 385 Å². The van der Waals surface area contributed by atoms with Crippen LogP contribution in [0.3, 0.4) is 0 Å². The molecule has 0 bridgehead atoms. The number of carbonyl (C=O) groups is 14. The van der Waals surface area contributed by atoms with Crippen LogP contribution in [0.2, 0.25) is 0 Å². The van der Waals surface area contributed by atoms with Crippen LogP contribution >= 0.6 is 0 Å². The fourth-order valence-corrected chi connectivity index (χ4v) is 20.1. The summed E-state index contributed by atoms with van der Waals surface area (Å²) < 4.78 is 61.2. The van der Waals surface area contributed by atoms with Gasteiger partial charge in [0.1, 0.15) is 17.7 Å². The molecule has 131 heavy (non-hydrogen) atoms. The van der Waals surface area contributed by atoms with Gasteiger partial charge in [-0.25, -0.2) is 0 Å². The lowest BCUT2D eigenvalue weighted by Crippen LogP contribution is -2.43. The summed E-state index contributed by atoms with van der Waals surface area (Å²) in [6.07, 6.45) is 12.1. The minimum atomic E-state index is -0.997. The van der Waals surface area contributed by atoms with E-state index < -0.39 is 41.9 Å². The first kappa shape index (κ1) is 113. The van der Waals surface area contributed by atoms with Crippen molar-refractivity contribution in [3.05, 3.63) is 0 Å². The molecule has 0 aromatic rings. The molecule has 4 saturated carbocycles. The van der Waals surface area contributed by atoms with Gasteiger partial charge in [-0.3, -0.25) is 62.3 Å². The molecule has 0 radical (unpaired) electrons. The maximum Gasteiger partial charge on any atom is 0.306 e. The Labute approximate surface area is 786 Å². The maximum absolute atomic E-state index is 15.0. The van der Waals surface area contributed by atoms with Gasteiger partial charge in [0.2, 0.25) is 35.4 Å². The number of ether oxygens (including phenoxy) is 9. The zero-order valence-corrected chi connectivity index (χ0v) is 83.3. The molecule has 29 nitrogen and oxygen atoms in total. The SMILES string of the molecule is [2H]C[C@@H]1C[C@@H](OC(=O)CCC(C)=O)CN1C(=O)CCCNC(=O)C(CCCCNC(=O)C(CCCCNC(=O)CCCCO[C@@H]1CC(COC(C)=O)[C@H](C)[C@H](C)C1C)CC(=O)CCCCO[C@@H]1CC(COC(C)=O)[C@H](C)[C@H](C)C1C)CC(=O)C(CCCCNC(=O)CCCCO[C@@H]1CC(COC(C)=O)[C@H](C)[C@H](C)C1C)NC(=O)CCCCO[C@@H]1CC(COC(C)=O)[C@H](C)[C@H](C)C1C. The Morgan fingerprint density at radius 2 is 0.702 bits per heavy atom. The molecular formula is C102H174N6O23. The molecule has 750 valence electrons. The van der Waals surface area contributed by atoms with E-state index in [4.69, 9.17) is 44.0 Å². The van der Waals surface area contributed by atoms with E-state index in [0.717, 1.165) is 25.7 Å². The molecular weight excluding hydrogens is 1680 g/mol. The Balaban J connectivity index is 1.26. The smallest absolute Gasteiger partial charge is 0.306 e. The Kier molecular flexibility index (Phi) is 53.3. The quantitative estimate of drug-likeness (QED) is 0.0214. The van der Waals surface area contributed by atoms with Crippen LogP contribution in [0.1, 0.15) is 331 Å². The Bertz CT molecular complexity index is 3530. The molecule has 0 aromatic carbocycles. The summed E-state index contributed by atoms with van der Waals surface area (Å²) in [7, 11) is 0. The lowest BCUT2D eigenvalue weighted by molar-refractivity contribution is -0.150. The Morgan fingerprint density at radius 1 is 0.351 bits per heavy atom. The fourth-order valence-electron chi connectivity index (χ4n) is 20.1. The van der Waals surface area contributed by atoms with Crippen LogP contribution in [0.4, 0.5) is 0 Å². The first-order valence-corrected chi connectivity index (χ1v) is 50.5. The van der Waals surface area contributed by atoms with Crippen molar-refractivity contribution >= 4 is 82.6 Å². The third kappa shape index (κ3) is 42.9. The van der Waals surface area contributed by atoms with E-state index >= 15 is 4.79 Å². The highest BCUT2D eigenvalue weighted by Gasteiger charge is 2.44. The van der Waals surface area contributed by atoms with E-state index in [9.17, 15) is 62.3 Å². The predicted molar refractivity (Wildman–Crippen MR) is 500 cm³/mol. The van der Waals surface area contributed by atoms with Crippen molar-refractivity contribution < 1.29 is 111 Å². The summed E-state index contributed by atoms with van der Waals surface area (Å²) in [4.78, 5) is 185. The van der Waals surface area contributed by atoms with E-state index in [2.05, 4.69) is 110 Å². The average Bonchev–Trinajstić information content (AvgIpc) is 1.19. The Hall–Kier alpha value is -6.98. The van der Waals surface area contributed by atoms with Crippen molar-refractivity contribution in [3.63, 3.8) is 0 Å². The van der Waals surface area contributed by atoms with Crippen LogP contribution in [-0.4, -0.2) is 216 Å². The molecule has 5 N–H and O–H groups in total. The third-order valence-electron chi connectivity index (χ3n) is 30.4. The number of unbranched alkanes of at least 4 members (excludes halogenated alkanes) is 7. The van der Waals surface area contributed by atoms with Crippen LogP contribution in [0.5, 0.6) is 0 Å². The lowest BCUT2D eigenvalue weighted by Gasteiger charge is -2.43. The summed E-state index contributed by atoms with van der Waals surface area (Å²) in [5.74, 6) is -0.693. The monoisotopic (exact) mass is 1850 g/mol. The van der Waals surface area contributed by atoms with Gasteiger partial charge in [0.15, 0.2) is 5.78 Å². The number of hydrogen-bond donors (Lipinski definition) is 5. The standard InChI is InChI=1S/C102H174N6O23/c1-64-52-89(131-100(120)43-42-65(2)109)59-108(64)99(119)41-33-47-106-102(122)83(54-91(115)90(107-98(118)40-25-32-51-126-95-58-87(63-130-81(18)113)73(10)69(6)77(95)14)37-21-28-45-104-97(117)39-24-31-50-125-94-57-86(62-129-80(17)112)72(9)68(5)76(94)13)35-20-27-46-105-101(121)82(53-88(114)36-22-29-48-123-92-55-84(60-127-78(15)110)70(7)66(3)74(92)11)34-19-26-44-103-96(116)38-23-30-49-124-93-56-85(61-128-79(16)111)71(8)67(4)75(93)12/h64,66-77,82-87,89-90,92-95H,19-63H2,1-18H3,(H,103,116)(H,104,117)(H,105,121)(H,106,122)(H,107,118)/t64-,66+,67+,68+,69+,70-,71-,72-,73-,74?,75?,76?,77?,82?,83?,84?,85?,86?,87?,89-,90?,92-,93-,94-,95-/m1/s1/i1D. The van der Waals surface area contributed by atoms with Crippen LogP contribution in [0.15, 0.2) is 0 Å². The number of ketones is 3. The van der Waals surface area contributed by atoms with Crippen molar-refractivity contribution in [2.45, 2.75) is 373 Å². The molecule has 29 heteroatoms. The predicted octanol–water partition coefficient (Wildman–Crippen LogP) is 14.5. The van der Waals surface area contributed by atoms with Crippen molar-refractivity contribution in [1.82, 2.24) is 31.5 Å². The van der Waals surface area contributed by atoms with Crippen LogP contribution in [-0.2, 0) is 110 Å². The highest BCUT2D eigenvalue weighted by Crippen LogP contribution is 2.44. The zero-order chi connectivity index (χ0) is 97.5. The first-order valence-electron chi connectivity index (χ1n) is 51.2. The summed E-state index contributed by atoms with van der Waals surface area (Å²) in [6.45, 7) is 37.7. The molecule has 0 aromatic heterocycles. The number of amides is 6. The van der Waals surface area contributed by atoms with E-state index in [1.165, 1.54) is 39.5 Å². The minimum Gasteiger partial charge on any atom is -0.466 e. The molecule has 1 aliphatic heterocycles. The number of esters is 5. The van der Waals surface area contributed by atoms with E-state index in [1.54, 1.807) is 0 Å². The maximum atomic E-state index is 15.0. The van der Waals surface area contributed by atoms with E-state index in [1.807, 2.05) is 0 Å². The third-order valence-corrected chi connectivity index (χ3v) is 30.4. The minimum absolute atomic E-state index is 0.00147. The van der Waals surface area contributed by atoms with E-state index in [0.29, 0.717) is 234 Å². The average molecular weight is 1850 g/mol. The number of nitrogens with zero attached hydrogens (tertiary/aromatic N) is 1. The number of hydrogen-bond acceptors (Lipinski definition) is 23. The van der Waals surface area contributed by atoms with Gasteiger partial charge in [0, 0.05) is 157 Å². The van der Waals surface area contributed by atoms with Gasteiger partial charge in [-0.15, -0.1) is 0 Å². The molecule has 11 unspecified atom stereocenters. The molecule has 5 fully saturated rings. The number of rotatable bonds is 63. The first-order chi connectivity index (χ1) is 62.8. The zero-order valence-electron chi connectivity index (χ0n) is 84.3. The normalized spacial score (nSPS) is 27.9. The van der Waals surface area contributed by atoms with Gasteiger partial charge >= 0.3 is 29.8 Å². The fraction of sp³-hybridized carbons (Fsp3) is 0.863. The Morgan fingerprint density at radius 3 is 1.08 bits per heavy atom. The van der Waals surface area contributed by atoms with Gasteiger partial charge in [-0.2, -0.15) is 0 Å². The molecule has 25 atom stereocenters. The molecule has 1 saturated heterocycles. The second kappa shape index (κ2) is 61.9. The number of Topliss-reactive ketones (excluding diaryl/α,β-unsaturated/α-hetero) is 3. The highest BCUT2D eigenvalue weighted by atomic mass is 16.6. The second-order valence-electron chi connectivity index (χ2n) is 40.0. The van der Waals surface area contributed by atoms with Gasteiger partial charge in [-0.1, -0.05) is 95.9 Å². The number of carbonyl (C=O) groups excluding carboxylic acids is 14. The molecule has 5 aliphatic rings. The number of nitrogens with one attached hydrogen (secondary N) is 5. The van der Waals surface area contributed by atoms with Crippen LogP contribution in [0, 0.1) is 107 Å². The molecule has 0 spiro atoms.